The predicted molar refractivity (Wildman–Crippen MR) is 112 cm³/mol. The van der Waals surface area contributed by atoms with Crippen molar-refractivity contribution in [2.24, 2.45) is 0 Å². The van der Waals surface area contributed by atoms with Gasteiger partial charge in [-0.3, -0.25) is 9.59 Å². The number of hydrogen-bond donors (Lipinski definition) is 3. The first-order chi connectivity index (χ1) is 13.6. The number of carbonyl (C=O) groups is 2. The quantitative estimate of drug-likeness (QED) is 0.454. The van der Waals surface area contributed by atoms with Gasteiger partial charge in [0, 0.05) is 30.0 Å². The van der Waals surface area contributed by atoms with Crippen LogP contribution in [0.15, 0.2) is 30.3 Å². The third kappa shape index (κ3) is 4.74. The first-order valence-corrected chi connectivity index (χ1v) is 11.0. The van der Waals surface area contributed by atoms with Crippen LogP contribution < -0.4 is 15.5 Å². The lowest BCUT2D eigenvalue weighted by atomic mass is 10.2. The van der Waals surface area contributed by atoms with E-state index in [1.807, 2.05) is 30.3 Å². The van der Waals surface area contributed by atoms with Gasteiger partial charge in [-0.25, -0.2) is 4.68 Å². The number of rotatable bonds is 8. The Morgan fingerprint density at radius 2 is 1.89 bits per heavy atom. The molecule has 28 heavy (non-hydrogen) atoms. The normalized spacial score (nSPS) is 12.8. The second-order valence-electron chi connectivity index (χ2n) is 6.78. The highest BCUT2D eigenvalue weighted by Crippen LogP contribution is 2.35. The van der Waals surface area contributed by atoms with Gasteiger partial charge in [0.05, 0.1) is 31.0 Å². The Labute approximate surface area is 169 Å². The summed E-state index contributed by atoms with van der Waals surface area (Å²) in [6, 6.07) is 9.64. The van der Waals surface area contributed by atoms with Gasteiger partial charge < -0.3 is 15.5 Å². The van der Waals surface area contributed by atoms with Crippen molar-refractivity contribution >= 4 is 29.4 Å². The second-order valence-corrected chi connectivity index (χ2v) is 7.77. The van der Waals surface area contributed by atoms with Gasteiger partial charge in [-0.05, 0) is 26.0 Å². The van der Waals surface area contributed by atoms with Crippen LogP contribution in [0.2, 0.25) is 0 Å². The van der Waals surface area contributed by atoms with Crippen LogP contribution in [0, 0.1) is 0 Å². The Morgan fingerprint density at radius 1 is 1.14 bits per heavy atom. The molecule has 0 aliphatic carbocycles. The maximum atomic E-state index is 12.5. The topological polar surface area (TPSA) is 80.5 Å². The van der Waals surface area contributed by atoms with Crippen LogP contribution >= 0.6 is 11.8 Å². The van der Waals surface area contributed by atoms with E-state index in [2.05, 4.69) is 29.6 Å². The van der Waals surface area contributed by atoms with E-state index in [4.69, 9.17) is 0 Å². The van der Waals surface area contributed by atoms with Crippen LogP contribution in [-0.2, 0) is 21.1 Å². The van der Waals surface area contributed by atoms with E-state index in [-0.39, 0.29) is 0 Å². The van der Waals surface area contributed by atoms with Crippen LogP contribution in [0.4, 0.5) is 5.82 Å². The van der Waals surface area contributed by atoms with Gasteiger partial charge in [0.1, 0.15) is 5.82 Å². The number of nitrogens with one attached hydrogen (secondary N) is 3. The molecule has 7 nitrogen and oxygen atoms in total. The highest BCUT2D eigenvalue weighted by Gasteiger charge is 2.26. The summed E-state index contributed by atoms with van der Waals surface area (Å²) in [6.07, 6.45) is 0.851. The van der Waals surface area contributed by atoms with Gasteiger partial charge >= 0.3 is 11.8 Å². The number of para-hydroxylation sites is 1. The first-order valence-electron chi connectivity index (χ1n) is 9.80. The highest BCUT2D eigenvalue weighted by molar-refractivity contribution is 7.98. The zero-order valence-electron chi connectivity index (χ0n) is 16.5. The Balaban J connectivity index is 1.63. The number of thioether (sulfide) groups is 1. The number of anilines is 1. The minimum absolute atomic E-state index is 0.502. The molecule has 0 radical (unpaired) electrons. The van der Waals surface area contributed by atoms with E-state index in [0.717, 1.165) is 54.5 Å². The number of hydrogen-bond acceptors (Lipinski definition) is 4. The van der Waals surface area contributed by atoms with Crippen LogP contribution in [0.3, 0.4) is 0 Å². The van der Waals surface area contributed by atoms with E-state index >= 15 is 0 Å². The molecule has 1 aromatic carbocycles. The van der Waals surface area contributed by atoms with Gasteiger partial charge in [0.15, 0.2) is 0 Å². The number of aromatic nitrogens is 2. The smallest absolute Gasteiger partial charge is 0.314 e. The maximum Gasteiger partial charge on any atom is 0.314 e. The molecule has 2 amide bonds. The SMILES string of the molecule is CC[NH+](CC)CCCNC(=O)C(=O)Nc1c2c(nn1-c1ccccc1)CSC2. The molecule has 3 N–H and O–H groups in total. The van der Waals surface area contributed by atoms with Crippen molar-refractivity contribution < 1.29 is 14.5 Å². The number of fused-ring (bicyclic) bond motifs is 1. The summed E-state index contributed by atoms with van der Waals surface area (Å²) in [5.41, 5.74) is 2.83. The summed E-state index contributed by atoms with van der Waals surface area (Å²) < 4.78 is 1.72. The fourth-order valence-electron chi connectivity index (χ4n) is 3.29. The molecule has 0 fully saturated rings. The average molecular weight is 403 g/mol. The number of nitrogens with zero attached hydrogens (tertiary/aromatic N) is 2. The van der Waals surface area contributed by atoms with Gasteiger partial charge in [-0.15, -0.1) is 0 Å². The molecule has 1 aromatic heterocycles. The Bertz CT molecular complexity index is 818. The maximum absolute atomic E-state index is 12.5. The molecular weight excluding hydrogens is 374 g/mol. The molecular formula is C20H28N5O2S+. The average Bonchev–Trinajstić information content (AvgIpc) is 3.31. The fraction of sp³-hybridized carbons (Fsp3) is 0.450. The Hall–Kier alpha value is -2.32. The molecule has 2 aromatic rings. The van der Waals surface area contributed by atoms with Crippen LogP contribution in [0.5, 0.6) is 0 Å². The largest absolute Gasteiger partial charge is 0.348 e. The summed E-state index contributed by atoms with van der Waals surface area (Å²) in [7, 11) is 0. The summed E-state index contributed by atoms with van der Waals surface area (Å²) in [5.74, 6) is 0.949. The molecule has 0 atom stereocenters. The number of amides is 2. The number of quaternary nitrogens is 1. The molecule has 150 valence electrons. The number of benzene rings is 1. The first kappa shape index (κ1) is 20.4. The molecule has 3 rings (SSSR count). The van der Waals surface area contributed by atoms with E-state index in [1.54, 1.807) is 16.4 Å². The molecule has 0 unspecified atom stereocenters. The molecule has 1 aliphatic rings. The van der Waals surface area contributed by atoms with Gasteiger partial charge in [-0.2, -0.15) is 16.9 Å². The van der Waals surface area contributed by atoms with Gasteiger partial charge in [0.25, 0.3) is 0 Å². The van der Waals surface area contributed by atoms with Crippen molar-refractivity contribution in [1.29, 1.82) is 0 Å². The highest BCUT2D eigenvalue weighted by atomic mass is 32.2. The lowest BCUT2D eigenvalue weighted by Gasteiger charge is -2.15. The zero-order valence-corrected chi connectivity index (χ0v) is 17.3. The van der Waals surface area contributed by atoms with Crippen molar-refractivity contribution in [1.82, 2.24) is 15.1 Å². The molecule has 8 heteroatoms. The van der Waals surface area contributed by atoms with Crippen LogP contribution in [-0.4, -0.2) is 47.8 Å². The van der Waals surface area contributed by atoms with Gasteiger partial charge in [-0.1, -0.05) is 18.2 Å². The van der Waals surface area contributed by atoms with E-state index < -0.39 is 11.8 Å². The molecule has 2 heterocycles. The van der Waals surface area contributed by atoms with Crippen molar-refractivity contribution in [2.75, 3.05) is 31.5 Å². The molecule has 1 aliphatic heterocycles. The molecule has 0 spiro atoms. The summed E-state index contributed by atoms with van der Waals surface area (Å²) >= 11 is 1.76. The monoisotopic (exact) mass is 402 g/mol. The molecule has 0 bridgehead atoms. The lowest BCUT2D eigenvalue weighted by molar-refractivity contribution is -0.896. The third-order valence-electron chi connectivity index (χ3n) is 4.98. The Kier molecular flexibility index (Phi) is 7.11. The number of carbonyl (C=O) groups excluding carboxylic acids is 2. The minimum atomic E-state index is -0.646. The predicted octanol–water partition coefficient (Wildman–Crippen LogP) is 0.989. The standard InChI is InChI=1S/C20H27N5O2S/c1-3-24(4-2)12-8-11-21-19(26)20(27)22-18-16-13-28-14-17(16)23-25(18)15-9-6-5-7-10-15/h5-7,9-10H,3-4,8,11-14H2,1-2H3,(H,21,26)(H,22,27)/p+1. The van der Waals surface area contributed by atoms with Crippen molar-refractivity contribution in [3.05, 3.63) is 41.6 Å². The van der Waals surface area contributed by atoms with Crippen molar-refractivity contribution in [2.45, 2.75) is 31.8 Å². The van der Waals surface area contributed by atoms with E-state index in [9.17, 15) is 9.59 Å². The van der Waals surface area contributed by atoms with E-state index in [1.165, 1.54) is 4.90 Å². The third-order valence-corrected chi connectivity index (χ3v) is 5.95. The van der Waals surface area contributed by atoms with Crippen LogP contribution in [0.25, 0.3) is 5.69 Å². The van der Waals surface area contributed by atoms with Crippen molar-refractivity contribution in [3.8, 4) is 5.69 Å². The molecule has 0 saturated carbocycles. The lowest BCUT2D eigenvalue weighted by Crippen LogP contribution is -3.11. The summed E-state index contributed by atoms with van der Waals surface area (Å²) in [4.78, 5) is 26.2. The fourth-order valence-corrected chi connectivity index (χ4v) is 4.32. The second kappa shape index (κ2) is 9.75. The zero-order chi connectivity index (χ0) is 19.9. The van der Waals surface area contributed by atoms with E-state index in [0.29, 0.717) is 12.4 Å². The summed E-state index contributed by atoms with van der Waals surface area (Å²) in [5, 5.41) is 10.2. The Morgan fingerprint density at radius 3 is 2.61 bits per heavy atom. The van der Waals surface area contributed by atoms with Crippen molar-refractivity contribution in [3.63, 3.8) is 0 Å². The van der Waals surface area contributed by atoms with Crippen LogP contribution in [0.1, 0.15) is 31.5 Å². The summed E-state index contributed by atoms with van der Waals surface area (Å²) in [6.45, 7) is 7.92. The minimum Gasteiger partial charge on any atom is -0.348 e. The molecule has 0 saturated heterocycles. The van der Waals surface area contributed by atoms with Gasteiger partial charge in [0.2, 0.25) is 0 Å².